The van der Waals surface area contributed by atoms with E-state index < -0.39 is 23.4 Å². The minimum atomic E-state index is -0.986. The van der Waals surface area contributed by atoms with E-state index in [4.69, 9.17) is 25.8 Å². The molecule has 0 saturated carbocycles. The van der Waals surface area contributed by atoms with Gasteiger partial charge in [-0.2, -0.15) is 4.98 Å². The average molecular weight is 464 g/mol. The summed E-state index contributed by atoms with van der Waals surface area (Å²) in [4.78, 5) is 35.3. The zero-order chi connectivity index (χ0) is 24.4. The predicted molar refractivity (Wildman–Crippen MR) is 123 cm³/mol. The molecule has 0 spiro atoms. The molecule has 0 N–H and O–H groups in total. The fourth-order valence-corrected chi connectivity index (χ4v) is 3.15. The van der Waals surface area contributed by atoms with E-state index in [1.807, 2.05) is 32.0 Å². The molecule has 0 fully saturated rings. The number of hydrogen-bond donors (Lipinski definition) is 0. The molecule has 2 aromatic rings. The van der Waals surface area contributed by atoms with Crippen molar-refractivity contribution in [3.05, 3.63) is 34.5 Å². The summed E-state index contributed by atoms with van der Waals surface area (Å²) in [7, 11) is 1.45. The highest BCUT2D eigenvalue weighted by Gasteiger charge is 2.36. The van der Waals surface area contributed by atoms with Gasteiger partial charge in [0.25, 0.3) is 0 Å². The molecule has 0 aliphatic carbocycles. The number of benzene rings is 1. The normalized spacial score (nSPS) is 11.7. The number of hydrogen-bond acceptors (Lipinski definition) is 7. The second-order valence-electron chi connectivity index (χ2n) is 9.26. The van der Waals surface area contributed by atoms with Crippen molar-refractivity contribution >= 4 is 29.7 Å². The van der Waals surface area contributed by atoms with Crippen molar-refractivity contribution < 1.29 is 23.8 Å². The summed E-state index contributed by atoms with van der Waals surface area (Å²) in [6, 6.07) is 5.74. The Bertz CT molecular complexity index is 977. The Labute approximate surface area is 193 Å². The topological polar surface area (TPSA) is 90.8 Å². The largest absolute Gasteiger partial charge is 0.491 e. The molecule has 1 aromatic heterocycles. The Morgan fingerprint density at radius 1 is 0.906 bits per heavy atom. The van der Waals surface area contributed by atoms with E-state index in [1.54, 1.807) is 41.5 Å². The fourth-order valence-electron chi connectivity index (χ4n) is 2.90. The van der Waals surface area contributed by atoms with Crippen LogP contribution in [0.2, 0.25) is 5.15 Å². The number of methoxy groups -OCH3 is 1. The van der Waals surface area contributed by atoms with Gasteiger partial charge >= 0.3 is 12.2 Å². The zero-order valence-electron chi connectivity index (χ0n) is 20.0. The lowest BCUT2D eigenvalue weighted by molar-refractivity contribution is 0.0427. The molecule has 0 radical (unpaired) electrons. The highest BCUT2D eigenvalue weighted by atomic mass is 35.5. The van der Waals surface area contributed by atoms with Gasteiger partial charge in [0.15, 0.2) is 10.9 Å². The van der Waals surface area contributed by atoms with Crippen LogP contribution in [0.5, 0.6) is 5.75 Å². The Balaban J connectivity index is 2.74. The number of imide groups is 1. The molecule has 0 aliphatic rings. The highest BCUT2D eigenvalue weighted by Crippen LogP contribution is 2.38. The number of nitrogens with zero attached hydrogens (tertiary/aromatic N) is 3. The summed E-state index contributed by atoms with van der Waals surface area (Å²) in [5.41, 5.74) is 1.17. The molecular formula is C23H30ClN3O5. The van der Waals surface area contributed by atoms with E-state index in [9.17, 15) is 9.59 Å². The summed E-state index contributed by atoms with van der Waals surface area (Å²) in [5.74, 6) is -0.0573. The van der Waals surface area contributed by atoms with Crippen molar-refractivity contribution in [1.82, 2.24) is 9.97 Å². The minimum Gasteiger partial charge on any atom is -0.491 e. The smallest absolute Gasteiger partial charge is 0.427 e. The van der Waals surface area contributed by atoms with Gasteiger partial charge in [0.2, 0.25) is 5.95 Å². The molecule has 2 rings (SSSR count). The third kappa shape index (κ3) is 6.09. The van der Waals surface area contributed by atoms with E-state index in [0.717, 1.165) is 16.7 Å². The van der Waals surface area contributed by atoms with Crippen molar-refractivity contribution in [3.8, 4) is 17.0 Å². The monoisotopic (exact) mass is 463 g/mol. The molecule has 174 valence electrons. The molecule has 1 aromatic carbocycles. The summed E-state index contributed by atoms with van der Waals surface area (Å²) in [5, 5.41) is -0.0627. The SMILES string of the molecule is COc1c(Cl)nc(N(C(=O)OC(C)(C)C)C(=O)OC(C)(C)C)nc1-c1c(C)cccc1C. The first-order valence-electron chi connectivity index (χ1n) is 10.1. The van der Waals surface area contributed by atoms with Gasteiger partial charge in [-0.1, -0.05) is 29.8 Å². The van der Waals surface area contributed by atoms with Gasteiger partial charge in [-0.3, -0.25) is 0 Å². The lowest BCUT2D eigenvalue weighted by Crippen LogP contribution is -2.44. The van der Waals surface area contributed by atoms with Crippen molar-refractivity contribution in [2.75, 3.05) is 12.0 Å². The van der Waals surface area contributed by atoms with E-state index in [0.29, 0.717) is 10.6 Å². The molecule has 2 amide bonds. The first-order valence-corrected chi connectivity index (χ1v) is 10.5. The van der Waals surface area contributed by atoms with E-state index >= 15 is 0 Å². The van der Waals surface area contributed by atoms with E-state index in [1.165, 1.54) is 7.11 Å². The third-order valence-corrected chi connectivity index (χ3v) is 4.34. The lowest BCUT2D eigenvalue weighted by Gasteiger charge is -2.28. The summed E-state index contributed by atoms with van der Waals surface area (Å²) < 4.78 is 16.3. The van der Waals surface area contributed by atoms with Crippen LogP contribution in [-0.4, -0.2) is 40.5 Å². The van der Waals surface area contributed by atoms with Crippen LogP contribution in [0, 0.1) is 13.8 Å². The van der Waals surface area contributed by atoms with Gasteiger partial charge in [-0.05, 0) is 66.5 Å². The zero-order valence-corrected chi connectivity index (χ0v) is 20.7. The van der Waals surface area contributed by atoms with Gasteiger partial charge in [0, 0.05) is 5.56 Å². The van der Waals surface area contributed by atoms with Crippen LogP contribution in [0.15, 0.2) is 18.2 Å². The van der Waals surface area contributed by atoms with Crippen molar-refractivity contribution in [2.24, 2.45) is 0 Å². The standard InChI is InChI=1S/C23H30ClN3O5/c1-13-11-10-12-14(2)15(13)16-17(30-9)18(24)26-19(25-16)27(20(28)31-22(3,4)5)21(29)32-23(6,7)8/h10-12H,1-9H3. The number of ether oxygens (including phenoxy) is 3. The highest BCUT2D eigenvalue weighted by molar-refractivity contribution is 6.31. The number of aromatic nitrogens is 2. The average Bonchev–Trinajstić information content (AvgIpc) is 2.58. The maximum Gasteiger partial charge on any atom is 0.427 e. The van der Waals surface area contributed by atoms with Crippen molar-refractivity contribution in [1.29, 1.82) is 0 Å². The number of aryl methyl sites for hydroxylation is 2. The first-order chi connectivity index (χ1) is 14.6. The predicted octanol–water partition coefficient (Wildman–Crippen LogP) is 6.10. The second kappa shape index (κ2) is 9.32. The number of carbonyl (C=O) groups is 2. The number of rotatable bonds is 3. The molecule has 8 nitrogen and oxygen atoms in total. The first kappa shape index (κ1) is 25.4. The Morgan fingerprint density at radius 3 is 1.78 bits per heavy atom. The van der Waals surface area contributed by atoms with E-state index in [-0.39, 0.29) is 16.9 Å². The van der Waals surface area contributed by atoms with Gasteiger partial charge < -0.3 is 14.2 Å². The lowest BCUT2D eigenvalue weighted by atomic mass is 9.99. The molecule has 32 heavy (non-hydrogen) atoms. The van der Waals surface area contributed by atoms with Crippen LogP contribution in [0.25, 0.3) is 11.3 Å². The van der Waals surface area contributed by atoms with Crippen LogP contribution < -0.4 is 9.64 Å². The summed E-state index contributed by atoms with van der Waals surface area (Å²) in [6.45, 7) is 13.9. The molecule has 9 heteroatoms. The molecular weight excluding hydrogens is 434 g/mol. The molecule has 1 heterocycles. The molecule has 0 aliphatic heterocycles. The van der Waals surface area contributed by atoms with E-state index in [2.05, 4.69) is 9.97 Å². The third-order valence-electron chi connectivity index (χ3n) is 4.09. The van der Waals surface area contributed by atoms with Crippen molar-refractivity contribution in [3.63, 3.8) is 0 Å². The van der Waals surface area contributed by atoms with Crippen LogP contribution in [0.3, 0.4) is 0 Å². The summed E-state index contributed by atoms with van der Waals surface area (Å²) >= 11 is 6.40. The van der Waals surface area contributed by atoms with Crippen LogP contribution in [0.4, 0.5) is 15.5 Å². The van der Waals surface area contributed by atoms with Crippen LogP contribution >= 0.6 is 11.6 Å². The maximum absolute atomic E-state index is 13.0. The number of halogens is 1. The van der Waals surface area contributed by atoms with Gasteiger partial charge in [0.1, 0.15) is 16.9 Å². The maximum atomic E-state index is 13.0. The molecule has 0 unspecified atom stereocenters. The van der Waals surface area contributed by atoms with Gasteiger partial charge in [-0.25, -0.2) is 14.6 Å². The Morgan fingerprint density at radius 2 is 1.38 bits per heavy atom. The fraction of sp³-hybridized carbons (Fsp3) is 0.478. The Hall–Kier alpha value is -2.87. The summed E-state index contributed by atoms with van der Waals surface area (Å²) in [6.07, 6.45) is -1.97. The number of amides is 2. The quantitative estimate of drug-likeness (QED) is 0.508. The number of anilines is 1. The van der Waals surface area contributed by atoms with Crippen LogP contribution in [0.1, 0.15) is 52.7 Å². The van der Waals surface area contributed by atoms with Crippen molar-refractivity contribution in [2.45, 2.75) is 66.6 Å². The molecule has 0 bridgehead atoms. The Kier molecular flexibility index (Phi) is 7.40. The van der Waals surface area contributed by atoms with Gasteiger partial charge in [0.05, 0.1) is 7.11 Å². The van der Waals surface area contributed by atoms with Gasteiger partial charge in [-0.15, -0.1) is 4.90 Å². The van der Waals surface area contributed by atoms with Crippen LogP contribution in [-0.2, 0) is 9.47 Å². The molecule has 0 saturated heterocycles. The second-order valence-corrected chi connectivity index (χ2v) is 9.62. The minimum absolute atomic E-state index is 0.0627. The number of carbonyl (C=O) groups excluding carboxylic acids is 2. The molecule has 0 atom stereocenters.